The van der Waals surface area contributed by atoms with Gasteiger partial charge in [-0.1, -0.05) is 54.5 Å². The topological polar surface area (TPSA) is 42.0 Å². The third-order valence-corrected chi connectivity index (χ3v) is 9.60. The van der Waals surface area contributed by atoms with E-state index in [0.717, 1.165) is 43.6 Å². The number of fused-ring (bicyclic) bond motifs is 5. The SMILES string of the molecule is CC.CC.CCc1cncc(C2=CCC3C4CCC5CNC(=O)CCC5(C)C4CCC23C)c1. The molecular weight excluding hydrogens is 404 g/mol. The number of aryl methyl sites for hydroxylation is 1. The lowest BCUT2D eigenvalue weighted by molar-refractivity contribution is -0.121. The van der Waals surface area contributed by atoms with E-state index >= 15 is 0 Å². The minimum atomic E-state index is 0.269. The summed E-state index contributed by atoms with van der Waals surface area (Å²) in [5, 5.41) is 3.20. The summed E-state index contributed by atoms with van der Waals surface area (Å²) in [5.74, 6) is 3.27. The predicted octanol–water partition coefficient (Wildman–Crippen LogP) is 7.46. The highest BCUT2D eigenvalue weighted by Crippen LogP contribution is 2.66. The summed E-state index contributed by atoms with van der Waals surface area (Å²) in [5.41, 5.74) is 4.88. The number of nitrogens with zero attached hydrogens (tertiary/aromatic N) is 1. The van der Waals surface area contributed by atoms with E-state index in [1.807, 2.05) is 33.9 Å². The van der Waals surface area contributed by atoms with E-state index in [0.29, 0.717) is 11.3 Å². The molecule has 5 rings (SSSR count). The Morgan fingerprint density at radius 3 is 2.52 bits per heavy atom. The van der Waals surface area contributed by atoms with Gasteiger partial charge in [0.2, 0.25) is 5.91 Å². The monoisotopic (exact) mass is 452 g/mol. The first-order valence-electron chi connectivity index (χ1n) is 13.9. The van der Waals surface area contributed by atoms with Crippen LogP contribution in [-0.2, 0) is 11.2 Å². The van der Waals surface area contributed by atoms with Crippen LogP contribution in [0.15, 0.2) is 24.5 Å². The second kappa shape index (κ2) is 10.7. The van der Waals surface area contributed by atoms with Crippen LogP contribution >= 0.6 is 0 Å². The Kier molecular flexibility index (Phi) is 8.45. The van der Waals surface area contributed by atoms with Gasteiger partial charge in [0, 0.05) is 25.4 Å². The summed E-state index contributed by atoms with van der Waals surface area (Å²) in [4.78, 5) is 16.6. The van der Waals surface area contributed by atoms with Crippen molar-refractivity contribution in [3.05, 3.63) is 35.7 Å². The molecule has 1 aliphatic heterocycles. The normalized spacial score (nSPS) is 36.8. The third-order valence-electron chi connectivity index (χ3n) is 9.60. The standard InChI is InChI=1S/C26H36N2O.2C2H6/c1-4-17-13-18(15-27-14-17)21-7-8-22-20-6-5-19-16-28-24(29)10-12-25(19,2)23(20)9-11-26(21,22)3;2*1-2/h7,13-15,19-20,22-23H,4-6,8-12,16H2,1-3H3,(H,28,29);2*1-2H3. The van der Waals surface area contributed by atoms with Gasteiger partial charge in [-0.15, -0.1) is 0 Å². The number of allylic oxidation sites excluding steroid dienone is 2. The molecular formula is C30H48N2O. The molecule has 0 aromatic carbocycles. The van der Waals surface area contributed by atoms with Gasteiger partial charge >= 0.3 is 0 Å². The number of pyridine rings is 1. The highest BCUT2D eigenvalue weighted by molar-refractivity contribution is 5.76. The molecule has 6 unspecified atom stereocenters. The fourth-order valence-electron chi connectivity index (χ4n) is 7.81. The second-order valence-electron chi connectivity index (χ2n) is 10.7. The fraction of sp³-hybridized carbons (Fsp3) is 0.733. The number of hydrogen-bond acceptors (Lipinski definition) is 2. The molecule has 3 fully saturated rings. The van der Waals surface area contributed by atoms with Crippen molar-refractivity contribution < 1.29 is 4.79 Å². The Hall–Kier alpha value is -1.64. The highest BCUT2D eigenvalue weighted by Gasteiger charge is 2.58. The molecule has 33 heavy (non-hydrogen) atoms. The number of carbonyl (C=O) groups is 1. The molecule has 0 bridgehead atoms. The Bertz CT molecular complexity index is 845. The smallest absolute Gasteiger partial charge is 0.220 e. The zero-order chi connectivity index (χ0) is 24.2. The summed E-state index contributed by atoms with van der Waals surface area (Å²) in [7, 11) is 0. The van der Waals surface area contributed by atoms with Gasteiger partial charge in [-0.2, -0.15) is 0 Å². The van der Waals surface area contributed by atoms with Crippen molar-refractivity contribution in [3.8, 4) is 0 Å². The Labute approximate surface area is 203 Å². The van der Waals surface area contributed by atoms with Crippen molar-refractivity contribution in [2.75, 3.05) is 6.54 Å². The molecule has 1 saturated heterocycles. The average molecular weight is 453 g/mol. The zero-order valence-corrected chi connectivity index (χ0v) is 22.3. The molecule has 0 spiro atoms. The van der Waals surface area contributed by atoms with E-state index in [9.17, 15) is 4.79 Å². The maximum atomic E-state index is 12.1. The van der Waals surface area contributed by atoms with Crippen LogP contribution < -0.4 is 5.32 Å². The summed E-state index contributed by atoms with van der Waals surface area (Å²) in [6.07, 6.45) is 15.9. The lowest BCUT2D eigenvalue weighted by Gasteiger charge is -2.58. The van der Waals surface area contributed by atoms with E-state index in [-0.39, 0.29) is 11.3 Å². The summed E-state index contributed by atoms with van der Waals surface area (Å²) in [6.45, 7) is 16.2. The number of aromatic nitrogens is 1. The van der Waals surface area contributed by atoms with E-state index in [4.69, 9.17) is 0 Å². The molecule has 3 nitrogen and oxygen atoms in total. The Balaban J connectivity index is 0.000000728. The molecule has 1 amide bonds. The van der Waals surface area contributed by atoms with Crippen molar-refractivity contribution in [2.45, 2.75) is 99.8 Å². The number of hydrogen-bond donors (Lipinski definition) is 1. The van der Waals surface area contributed by atoms with Crippen LogP contribution in [0.4, 0.5) is 0 Å². The lowest BCUT2D eigenvalue weighted by atomic mass is 9.46. The molecule has 6 atom stereocenters. The Morgan fingerprint density at radius 2 is 1.79 bits per heavy atom. The first-order valence-corrected chi connectivity index (χ1v) is 13.9. The minimum absolute atomic E-state index is 0.269. The summed E-state index contributed by atoms with van der Waals surface area (Å²) < 4.78 is 0. The zero-order valence-electron chi connectivity index (χ0n) is 22.3. The molecule has 0 radical (unpaired) electrons. The van der Waals surface area contributed by atoms with E-state index in [1.54, 1.807) is 5.57 Å². The van der Waals surface area contributed by atoms with Crippen molar-refractivity contribution in [1.82, 2.24) is 10.3 Å². The maximum absolute atomic E-state index is 12.1. The van der Waals surface area contributed by atoms with E-state index in [1.165, 1.54) is 43.2 Å². The maximum Gasteiger partial charge on any atom is 0.220 e. The predicted molar refractivity (Wildman–Crippen MR) is 140 cm³/mol. The summed E-state index contributed by atoms with van der Waals surface area (Å²) >= 11 is 0. The molecule has 184 valence electrons. The lowest BCUT2D eigenvalue weighted by Crippen LogP contribution is -2.52. The van der Waals surface area contributed by atoms with Crippen LogP contribution in [-0.4, -0.2) is 17.4 Å². The third kappa shape index (κ3) is 4.54. The number of nitrogens with one attached hydrogen (secondary N) is 1. The van der Waals surface area contributed by atoms with E-state index in [2.05, 4.69) is 49.4 Å². The highest BCUT2D eigenvalue weighted by atomic mass is 16.1. The van der Waals surface area contributed by atoms with Crippen LogP contribution in [0.1, 0.15) is 105 Å². The van der Waals surface area contributed by atoms with Gasteiger partial charge in [0.15, 0.2) is 0 Å². The van der Waals surface area contributed by atoms with Crippen LogP contribution in [0.3, 0.4) is 0 Å². The van der Waals surface area contributed by atoms with Crippen LogP contribution in [0, 0.1) is 34.5 Å². The minimum Gasteiger partial charge on any atom is -0.356 e. The van der Waals surface area contributed by atoms with Crippen LogP contribution in [0.25, 0.3) is 5.57 Å². The molecule has 2 saturated carbocycles. The van der Waals surface area contributed by atoms with Gasteiger partial charge in [-0.3, -0.25) is 9.78 Å². The molecule has 1 N–H and O–H groups in total. The van der Waals surface area contributed by atoms with Crippen molar-refractivity contribution in [3.63, 3.8) is 0 Å². The molecule has 1 aromatic rings. The number of rotatable bonds is 2. The van der Waals surface area contributed by atoms with Gasteiger partial charge in [0.05, 0.1) is 0 Å². The quantitative estimate of drug-likeness (QED) is 0.506. The second-order valence-corrected chi connectivity index (χ2v) is 10.7. The van der Waals surface area contributed by atoms with E-state index < -0.39 is 0 Å². The van der Waals surface area contributed by atoms with Gasteiger partial charge in [0.1, 0.15) is 0 Å². The van der Waals surface area contributed by atoms with Crippen molar-refractivity contribution in [2.24, 2.45) is 34.5 Å². The van der Waals surface area contributed by atoms with Crippen LogP contribution in [0.5, 0.6) is 0 Å². The number of amides is 1. The van der Waals surface area contributed by atoms with Gasteiger partial charge in [-0.25, -0.2) is 0 Å². The molecule has 3 heteroatoms. The molecule has 3 aliphatic carbocycles. The van der Waals surface area contributed by atoms with Crippen LogP contribution in [0.2, 0.25) is 0 Å². The molecule has 1 aromatic heterocycles. The largest absolute Gasteiger partial charge is 0.356 e. The Morgan fingerprint density at radius 1 is 1.03 bits per heavy atom. The van der Waals surface area contributed by atoms with Gasteiger partial charge in [-0.05, 0) is 102 Å². The summed E-state index contributed by atoms with van der Waals surface area (Å²) in [6, 6.07) is 2.37. The van der Waals surface area contributed by atoms with Gasteiger partial charge < -0.3 is 5.32 Å². The molecule has 4 aliphatic rings. The first-order chi connectivity index (χ1) is 16.0. The van der Waals surface area contributed by atoms with Gasteiger partial charge in [0.25, 0.3) is 0 Å². The first kappa shape index (κ1) is 26.0. The average Bonchev–Trinajstić information content (AvgIpc) is 3.14. The number of carbonyl (C=O) groups excluding carboxylic acids is 1. The van der Waals surface area contributed by atoms with Crippen molar-refractivity contribution in [1.29, 1.82) is 0 Å². The fourth-order valence-corrected chi connectivity index (χ4v) is 7.81. The molecule has 2 heterocycles. The van der Waals surface area contributed by atoms with Crippen molar-refractivity contribution >= 4 is 11.5 Å².